The fraction of sp³-hybridized carbons (Fsp3) is 0.529. The van der Waals surface area contributed by atoms with E-state index in [-0.39, 0.29) is 11.4 Å². The van der Waals surface area contributed by atoms with Gasteiger partial charge in [-0.3, -0.25) is 9.63 Å². The molecule has 1 unspecified atom stereocenters. The highest BCUT2D eigenvalue weighted by Crippen LogP contribution is 2.16. The van der Waals surface area contributed by atoms with Gasteiger partial charge in [0.05, 0.1) is 17.4 Å². The predicted molar refractivity (Wildman–Crippen MR) is 91.5 cm³/mol. The normalized spacial score (nSPS) is 14.3. The predicted octanol–water partition coefficient (Wildman–Crippen LogP) is 2.36. The highest BCUT2D eigenvalue weighted by atomic mass is 16.8. The number of esters is 1. The molecule has 1 rings (SSSR count). The van der Waals surface area contributed by atoms with E-state index in [9.17, 15) is 19.9 Å². The summed E-state index contributed by atoms with van der Waals surface area (Å²) in [5.74, 6) is -1.70. The van der Waals surface area contributed by atoms with Gasteiger partial charge in [-0.05, 0) is 26.3 Å². The summed E-state index contributed by atoms with van der Waals surface area (Å²) in [5.41, 5.74) is 0.0314. The first kappa shape index (κ1) is 21.2. The zero-order chi connectivity index (χ0) is 19.9. The molecule has 1 aromatic rings. The molecule has 144 valence electrons. The van der Waals surface area contributed by atoms with Gasteiger partial charge in [0, 0.05) is 13.3 Å². The molecule has 0 radical (unpaired) electrons. The van der Waals surface area contributed by atoms with Crippen molar-refractivity contribution in [2.24, 2.45) is 10.7 Å². The van der Waals surface area contributed by atoms with Gasteiger partial charge in [-0.25, -0.2) is 4.79 Å². The molecule has 0 fully saturated rings. The third-order valence-corrected chi connectivity index (χ3v) is 3.43. The minimum absolute atomic E-state index is 0.0170. The second kappa shape index (κ2) is 9.02. The van der Waals surface area contributed by atoms with Crippen molar-refractivity contribution < 1.29 is 29.2 Å². The lowest BCUT2D eigenvalue weighted by atomic mass is 9.97. The van der Waals surface area contributed by atoms with Crippen LogP contribution < -0.4 is 0 Å². The van der Waals surface area contributed by atoms with Gasteiger partial charge in [-0.15, -0.1) is 5.01 Å². The van der Waals surface area contributed by atoms with Crippen LogP contribution in [0.4, 0.5) is 0 Å². The lowest BCUT2D eigenvalue weighted by Crippen LogP contribution is -2.44. The first-order valence-corrected chi connectivity index (χ1v) is 8.07. The maximum atomic E-state index is 12.0. The van der Waals surface area contributed by atoms with Crippen LogP contribution in [-0.4, -0.2) is 46.4 Å². The van der Waals surface area contributed by atoms with E-state index in [0.29, 0.717) is 0 Å². The van der Waals surface area contributed by atoms with Gasteiger partial charge in [-0.1, -0.05) is 30.3 Å². The molecule has 0 bridgehead atoms. The lowest BCUT2D eigenvalue weighted by Gasteiger charge is -2.21. The van der Waals surface area contributed by atoms with Crippen molar-refractivity contribution in [1.29, 1.82) is 0 Å². The van der Waals surface area contributed by atoms with Crippen molar-refractivity contribution in [3.63, 3.8) is 0 Å². The molecule has 0 heterocycles. The van der Waals surface area contributed by atoms with Crippen LogP contribution in [0.3, 0.4) is 0 Å². The van der Waals surface area contributed by atoms with Crippen molar-refractivity contribution in [2.45, 2.75) is 46.4 Å². The number of ether oxygens (including phenoxy) is 1. The van der Waals surface area contributed by atoms with Gasteiger partial charge < -0.3 is 15.1 Å². The molecule has 0 aromatic heterocycles. The molecule has 0 aliphatic heterocycles. The van der Waals surface area contributed by atoms with Crippen LogP contribution in [0.15, 0.2) is 35.6 Å². The fourth-order valence-electron chi connectivity index (χ4n) is 1.85. The van der Waals surface area contributed by atoms with Crippen LogP contribution >= 0.6 is 0 Å². The maximum Gasteiger partial charge on any atom is 0.332 e. The first-order chi connectivity index (χ1) is 12.0. The zero-order valence-electron chi connectivity index (χ0n) is 15.6. The second-order valence-electron chi connectivity index (χ2n) is 6.78. The number of hydrogen-bond acceptors (Lipinski definition) is 6. The smallest absolute Gasteiger partial charge is 0.332 e. The van der Waals surface area contributed by atoms with Crippen LogP contribution in [0.25, 0.3) is 0 Å². The number of carbonyl (C=O) groups is 2. The summed E-state index contributed by atoms with van der Waals surface area (Å²) in [6.07, 6.45) is -0.987. The van der Waals surface area contributed by atoms with Gasteiger partial charge in [0.2, 0.25) is 5.28 Å². The minimum atomic E-state index is -1.18. The van der Waals surface area contributed by atoms with Crippen LogP contribution in [0, 0.1) is 10.6 Å². The second-order valence-corrected chi connectivity index (χ2v) is 6.78. The van der Waals surface area contributed by atoms with Crippen LogP contribution in [0.5, 0.6) is 0 Å². The molecule has 0 saturated carbocycles. The van der Waals surface area contributed by atoms with E-state index >= 15 is 0 Å². The minimum Gasteiger partial charge on any atom is -0.569 e. The highest BCUT2D eigenvalue weighted by molar-refractivity contribution is 5.75. The summed E-state index contributed by atoms with van der Waals surface area (Å²) in [5, 5.41) is 25.5. The Morgan fingerprint density at radius 3 is 2.38 bits per heavy atom. The Hall–Kier alpha value is -2.84. The monoisotopic (exact) mass is 367 g/mol. The van der Waals surface area contributed by atoms with Gasteiger partial charge in [-0.2, -0.15) is 0 Å². The van der Waals surface area contributed by atoms with Gasteiger partial charge in [0.1, 0.15) is 0 Å². The molecular formula is C17H25N3O6. The molecular weight excluding hydrogens is 342 g/mol. The van der Waals surface area contributed by atoms with Gasteiger partial charge >= 0.3 is 11.9 Å². The molecule has 9 nitrogen and oxygen atoms in total. The zero-order valence-corrected chi connectivity index (χ0v) is 15.6. The Labute approximate surface area is 152 Å². The van der Waals surface area contributed by atoms with Crippen molar-refractivity contribution in [3.8, 4) is 0 Å². The number of aliphatic carboxylic acids is 1. The SMILES string of the molecule is CC(O/N=[N+](\[O-])N(C)[C@@H](Cc1ccccc1)C(=O)O)OC(=O)C(C)(C)C. The van der Waals surface area contributed by atoms with Gasteiger partial charge in [0.25, 0.3) is 6.29 Å². The van der Waals surface area contributed by atoms with E-state index < -0.39 is 29.7 Å². The maximum absolute atomic E-state index is 12.0. The molecule has 9 heteroatoms. The van der Waals surface area contributed by atoms with E-state index in [1.165, 1.54) is 14.0 Å². The third kappa shape index (κ3) is 6.58. The summed E-state index contributed by atoms with van der Waals surface area (Å²) in [7, 11) is 1.29. The number of hydrogen-bond donors (Lipinski definition) is 1. The number of nitrogens with zero attached hydrogens (tertiary/aromatic N) is 3. The van der Waals surface area contributed by atoms with Crippen LogP contribution in [0.2, 0.25) is 0 Å². The first-order valence-electron chi connectivity index (χ1n) is 8.07. The van der Waals surface area contributed by atoms with Gasteiger partial charge in [0.15, 0.2) is 6.04 Å². The third-order valence-electron chi connectivity index (χ3n) is 3.43. The molecule has 1 N–H and O–H groups in total. The summed E-state index contributed by atoms with van der Waals surface area (Å²) in [6, 6.07) is 7.76. The number of benzene rings is 1. The van der Waals surface area contributed by atoms with Crippen molar-refractivity contribution in [1.82, 2.24) is 5.01 Å². The van der Waals surface area contributed by atoms with Crippen molar-refractivity contribution in [2.75, 3.05) is 7.05 Å². The number of carboxylic acid groups (broad SMARTS) is 1. The summed E-state index contributed by atoms with van der Waals surface area (Å²) >= 11 is 0. The Balaban J connectivity index is 2.72. The lowest BCUT2D eigenvalue weighted by molar-refractivity contribution is -0.712. The number of rotatable bonds is 8. The molecule has 0 aliphatic rings. The quantitative estimate of drug-likeness (QED) is 0.246. The molecule has 0 spiro atoms. The number of likely N-dealkylation sites (N-methyl/N-ethyl adjacent to an activating group) is 1. The molecule has 2 atom stereocenters. The average molecular weight is 367 g/mol. The van der Waals surface area contributed by atoms with Crippen molar-refractivity contribution >= 4 is 11.9 Å². The number of carbonyl (C=O) groups excluding carboxylic acids is 1. The number of carboxylic acids is 1. The standard InChI is InChI=1S/C17H25N3O6/c1-12(25-16(23)17(2,3)4)26-18-20(24)19(5)14(15(21)22)11-13-9-7-6-8-10-13/h6-10,12,14H,11H2,1-5H3,(H,21,22)/b20-18-/t12?,14-/m0/s1. The van der Waals surface area contributed by atoms with Crippen molar-refractivity contribution in [3.05, 3.63) is 41.1 Å². The molecule has 0 aliphatic carbocycles. The van der Waals surface area contributed by atoms with E-state index in [4.69, 9.17) is 9.57 Å². The highest BCUT2D eigenvalue weighted by Gasteiger charge is 2.30. The Bertz CT molecular complexity index is 642. The molecule has 1 aromatic carbocycles. The van der Waals surface area contributed by atoms with E-state index in [0.717, 1.165) is 10.6 Å². The van der Waals surface area contributed by atoms with E-state index in [2.05, 4.69) is 5.28 Å². The molecule has 26 heavy (non-hydrogen) atoms. The largest absolute Gasteiger partial charge is 0.569 e. The molecule has 0 saturated heterocycles. The summed E-state index contributed by atoms with van der Waals surface area (Å²) in [4.78, 5) is 28.1. The Morgan fingerprint density at radius 1 is 1.31 bits per heavy atom. The Morgan fingerprint density at radius 2 is 1.88 bits per heavy atom. The average Bonchev–Trinajstić information content (AvgIpc) is 2.56. The summed E-state index contributed by atoms with van der Waals surface area (Å²) < 4.78 is 4.99. The Kier molecular flexibility index (Phi) is 7.36. The van der Waals surface area contributed by atoms with E-state index in [1.54, 1.807) is 45.0 Å². The number of hydrazine groups is 1. The fourth-order valence-corrected chi connectivity index (χ4v) is 1.85. The van der Waals surface area contributed by atoms with Crippen LogP contribution in [0.1, 0.15) is 33.3 Å². The summed E-state index contributed by atoms with van der Waals surface area (Å²) in [6.45, 7) is 6.43. The molecule has 0 amide bonds. The van der Waals surface area contributed by atoms with E-state index in [1.807, 2.05) is 6.07 Å². The van der Waals surface area contributed by atoms with Crippen LogP contribution in [-0.2, 0) is 25.6 Å². The topological polar surface area (TPSA) is 114 Å².